The highest BCUT2D eigenvalue weighted by molar-refractivity contribution is 5.92. The monoisotopic (exact) mass is 261 g/mol. The van der Waals surface area contributed by atoms with Crippen molar-refractivity contribution in [2.75, 3.05) is 0 Å². The maximum atomic E-state index is 12.0. The maximum Gasteiger partial charge on any atom is 0.270 e. The molecule has 104 valence electrons. The number of carbonyl (C=O) groups excluding carboxylic acids is 1. The molecular formula is C15H23N3O. The molecule has 2 rings (SSSR count). The van der Waals surface area contributed by atoms with Crippen molar-refractivity contribution in [3.63, 3.8) is 0 Å². The van der Waals surface area contributed by atoms with Crippen LogP contribution in [0, 0.1) is 11.8 Å². The molecule has 0 aromatic carbocycles. The summed E-state index contributed by atoms with van der Waals surface area (Å²) in [6.07, 6.45) is 8.89. The lowest BCUT2D eigenvalue weighted by Crippen LogP contribution is -2.35. The molecule has 1 N–H and O–H groups in total. The average Bonchev–Trinajstić information content (AvgIpc) is 2.65. The summed E-state index contributed by atoms with van der Waals surface area (Å²) >= 11 is 0. The Bertz CT molecular complexity index is 405. The fourth-order valence-electron chi connectivity index (χ4n) is 2.83. The molecule has 0 saturated heterocycles. The molecular weight excluding hydrogens is 238 g/mol. The van der Waals surface area contributed by atoms with E-state index in [0.29, 0.717) is 11.7 Å². The van der Waals surface area contributed by atoms with Gasteiger partial charge in [-0.1, -0.05) is 26.7 Å². The molecule has 0 spiro atoms. The summed E-state index contributed by atoms with van der Waals surface area (Å²) in [5, 5.41) is 3.11. The van der Waals surface area contributed by atoms with Crippen LogP contribution < -0.4 is 5.32 Å². The number of nitrogens with zero attached hydrogens (tertiary/aromatic N) is 2. The molecule has 1 aliphatic rings. The van der Waals surface area contributed by atoms with Crippen molar-refractivity contribution in [1.82, 2.24) is 15.3 Å². The summed E-state index contributed by atoms with van der Waals surface area (Å²) in [4.78, 5) is 19.9. The molecule has 1 amide bonds. The third-order valence-electron chi connectivity index (χ3n) is 4.11. The van der Waals surface area contributed by atoms with Crippen LogP contribution in [0.15, 0.2) is 18.6 Å². The fraction of sp³-hybridized carbons (Fsp3) is 0.667. The minimum Gasteiger partial charge on any atom is -0.348 e. The van der Waals surface area contributed by atoms with Gasteiger partial charge >= 0.3 is 0 Å². The van der Waals surface area contributed by atoms with Crippen molar-refractivity contribution >= 4 is 5.91 Å². The van der Waals surface area contributed by atoms with Crippen LogP contribution in [0.4, 0.5) is 0 Å². The van der Waals surface area contributed by atoms with E-state index in [4.69, 9.17) is 0 Å². The second-order valence-electron chi connectivity index (χ2n) is 5.78. The molecule has 1 fully saturated rings. The molecule has 1 saturated carbocycles. The largest absolute Gasteiger partial charge is 0.348 e. The minimum atomic E-state index is -0.0737. The van der Waals surface area contributed by atoms with E-state index in [1.54, 1.807) is 12.3 Å². The second-order valence-corrected chi connectivity index (χ2v) is 5.78. The Morgan fingerprint density at radius 2 is 2.16 bits per heavy atom. The summed E-state index contributed by atoms with van der Waals surface area (Å²) in [6.45, 7) is 4.59. The molecule has 1 aromatic heterocycles. The molecule has 4 heteroatoms. The highest BCUT2D eigenvalue weighted by Gasteiger charge is 2.22. The van der Waals surface area contributed by atoms with Crippen molar-refractivity contribution in [2.24, 2.45) is 11.8 Å². The molecule has 4 nitrogen and oxygen atoms in total. The average molecular weight is 261 g/mol. The zero-order valence-electron chi connectivity index (χ0n) is 11.8. The lowest BCUT2D eigenvalue weighted by Gasteiger charge is -2.19. The lowest BCUT2D eigenvalue weighted by atomic mass is 9.89. The Kier molecular flexibility index (Phi) is 4.88. The van der Waals surface area contributed by atoms with Gasteiger partial charge in [0, 0.05) is 12.2 Å². The molecule has 2 unspecified atom stereocenters. The van der Waals surface area contributed by atoms with E-state index in [0.717, 1.165) is 24.7 Å². The van der Waals surface area contributed by atoms with Gasteiger partial charge in [0.05, 0.1) is 0 Å². The molecule has 19 heavy (non-hydrogen) atoms. The molecule has 0 radical (unpaired) electrons. The van der Waals surface area contributed by atoms with Gasteiger partial charge in [-0.25, -0.2) is 9.97 Å². The van der Waals surface area contributed by atoms with E-state index in [1.165, 1.54) is 25.6 Å². The Hall–Kier alpha value is -1.45. The number of nitrogens with one attached hydrogen (secondary N) is 1. The number of rotatable bonds is 3. The zero-order chi connectivity index (χ0) is 13.7. The Morgan fingerprint density at radius 1 is 1.32 bits per heavy atom. The predicted octanol–water partition coefficient (Wildman–Crippen LogP) is 2.81. The normalized spacial score (nSPS) is 23.9. The van der Waals surface area contributed by atoms with Gasteiger partial charge in [0.2, 0.25) is 0 Å². The second kappa shape index (κ2) is 6.64. The van der Waals surface area contributed by atoms with Crippen LogP contribution >= 0.6 is 0 Å². The van der Waals surface area contributed by atoms with Crippen molar-refractivity contribution in [3.05, 3.63) is 24.3 Å². The number of amides is 1. The zero-order valence-corrected chi connectivity index (χ0v) is 11.8. The fourth-order valence-corrected chi connectivity index (χ4v) is 2.83. The molecule has 1 aromatic rings. The van der Waals surface area contributed by atoms with Crippen LogP contribution in [0.25, 0.3) is 0 Å². The van der Waals surface area contributed by atoms with Crippen molar-refractivity contribution in [3.8, 4) is 0 Å². The van der Waals surface area contributed by atoms with Crippen LogP contribution in [-0.4, -0.2) is 21.9 Å². The van der Waals surface area contributed by atoms with Crippen molar-refractivity contribution < 1.29 is 4.79 Å². The SMILES string of the molecule is CC(C)C1CCCC(NC(=O)c2ccncn2)CC1. The summed E-state index contributed by atoms with van der Waals surface area (Å²) in [5.74, 6) is 1.48. The van der Waals surface area contributed by atoms with Crippen LogP contribution in [0.1, 0.15) is 56.4 Å². The molecule has 2 atom stereocenters. The van der Waals surface area contributed by atoms with Gasteiger partial charge in [-0.3, -0.25) is 4.79 Å². The highest BCUT2D eigenvalue weighted by atomic mass is 16.1. The van der Waals surface area contributed by atoms with E-state index < -0.39 is 0 Å². The Morgan fingerprint density at radius 3 is 2.84 bits per heavy atom. The van der Waals surface area contributed by atoms with E-state index in [1.807, 2.05) is 0 Å². The summed E-state index contributed by atoms with van der Waals surface area (Å²) in [5.41, 5.74) is 0.458. The molecule has 0 bridgehead atoms. The summed E-state index contributed by atoms with van der Waals surface area (Å²) < 4.78 is 0. The minimum absolute atomic E-state index is 0.0737. The number of aromatic nitrogens is 2. The van der Waals surface area contributed by atoms with Gasteiger partial charge in [0.15, 0.2) is 0 Å². The quantitative estimate of drug-likeness (QED) is 0.851. The van der Waals surface area contributed by atoms with Crippen LogP contribution in [0.3, 0.4) is 0 Å². The van der Waals surface area contributed by atoms with Gasteiger partial charge in [-0.15, -0.1) is 0 Å². The van der Waals surface area contributed by atoms with Gasteiger partial charge in [0.1, 0.15) is 12.0 Å². The standard InChI is InChI=1S/C15H23N3O/c1-11(2)12-4-3-5-13(7-6-12)18-15(19)14-8-9-16-10-17-14/h8-13H,3-7H2,1-2H3,(H,18,19). The first kappa shape index (κ1) is 14.0. The molecule has 1 aliphatic carbocycles. The van der Waals surface area contributed by atoms with E-state index in [2.05, 4.69) is 29.1 Å². The van der Waals surface area contributed by atoms with Crippen molar-refractivity contribution in [2.45, 2.75) is 52.0 Å². The molecule has 1 heterocycles. The van der Waals surface area contributed by atoms with Crippen molar-refractivity contribution in [1.29, 1.82) is 0 Å². The Balaban J connectivity index is 1.88. The van der Waals surface area contributed by atoms with Crippen LogP contribution in [-0.2, 0) is 0 Å². The number of hydrogen-bond donors (Lipinski definition) is 1. The lowest BCUT2D eigenvalue weighted by molar-refractivity contribution is 0.0927. The van der Waals surface area contributed by atoms with Gasteiger partial charge < -0.3 is 5.32 Å². The highest BCUT2D eigenvalue weighted by Crippen LogP contribution is 2.28. The Labute approximate surface area is 115 Å². The maximum absolute atomic E-state index is 12.0. The molecule has 0 aliphatic heterocycles. The first-order chi connectivity index (χ1) is 9.16. The smallest absolute Gasteiger partial charge is 0.270 e. The predicted molar refractivity (Wildman–Crippen MR) is 74.7 cm³/mol. The van der Waals surface area contributed by atoms with E-state index in [9.17, 15) is 4.79 Å². The summed E-state index contributed by atoms with van der Waals surface area (Å²) in [6, 6.07) is 1.95. The summed E-state index contributed by atoms with van der Waals surface area (Å²) in [7, 11) is 0. The third-order valence-corrected chi connectivity index (χ3v) is 4.11. The topological polar surface area (TPSA) is 54.9 Å². The number of hydrogen-bond acceptors (Lipinski definition) is 3. The van der Waals surface area contributed by atoms with E-state index in [-0.39, 0.29) is 5.91 Å². The third kappa shape index (κ3) is 4.01. The van der Waals surface area contributed by atoms with Crippen LogP contribution in [0.2, 0.25) is 0 Å². The first-order valence-electron chi connectivity index (χ1n) is 7.23. The first-order valence-corrected chi connectivity index (χ1v) is 7.23. The van der Waals surface area contributed by atoms with Gasteiger partial charge in [-0.05, 0) is 37.2 Å². The van der Waals surface area contributed by atoms with Crippen LogP contribution in [0.5, 0.6) is 0 Å². The van der Waals surface area contributed by atoms with Gasteiger partial charge in [-0.2, -0.15) is 0 Å². The van der Waals surface area contributed by atoms with Gasteiger partial charge in [0.25, 0.3) is 5.91 Å². The number of carbonyl (C=O) groups is 1. The van der Waals surface area contributed by atoms with E-state index >= 15 is 0 Å².